The Morgan fingerprint density at radius 1 is 0.930 bits per heavy atom. The first-order valence-corrected chi connectivity index (χ1v) is 13.9. The molecule has 1 fully saturated rings. The van der Waals surface area contributed by atoms with E-state index in [4.69, 9.17) is 16.2 Å². The fourth-order valence-corrected chi connectivity index (χ4v) is 5.15. The summed E-state index contributed by atoms with van der Waals surface area (Å²) >= 11 is 0. The summed E-state index contributed by atoms with van der Waals surface area (Å²) in [5.41, 5.74) is 11.2. The van der Waals surface area contributed by atoms with Crippen molar-refractivity contribution in [1.29, 1.82) is 0 Å². The lowest BCUT2D eigenvalue weighted by atomic mass is 9.87. The summed E-state index contributed by atoms with van der Waals surface area (Å²) in [7, 11) is 0. The molecule has 0 bridgehead atoms. The molecule has 3 aromatic carbocycles. The quantitative estimate of drug-likeness (QED) is 0.223. The van der Waals surface area contributed by atoms with E-state index in [-0.39, 0.29) is 30.1 Å². The normalized spacial score (nSPS) is 14.3. The number of amides is 4. The molecule has 0 saturated carbocycles. The second-order valence-electron chi connectivity index (χ2n) is 10.4. The van der Waals surface area contributed by atoms with Crippen LogP contribution in [-0.4, -0.2) is 41.9 Å². The van der Waals surface area contributed by atoms with Crippen LogP contribution in [0, 0.1) is 17.6 Å². The van der Waals surface area contributed by atoms with Gasteiger partial charge in [0, 0.05) is 24.2 Å². The van der Waals surface area contributed by atoms with Gasteiger partial charge in [-0.2, -0.15) is 0 Å². The van der Waals surface area contributed by atoms with Crippen LogP contribution >= 0.6 is 12.4 Å². The Labute approximate surface area is 255 Å². The highest BCUT2D eigenvalue weighted by Gasteiger charge is 2.28. The summed E-state index contributed by atoms with van der Waals surface area (Å²) in [6.45, 7) is 4.52. The molecule has 12 heteroatoms. The minimum Gasteiger partial charge on any atom is -0.457 e. The molecule has 0 radical (unpaired) electrons. The number of hydrogen-bond donors (Lipinski definition) is 4. The van der Waals surface area contributed by atoms with Crippen LogP contribution in [-0.2, 0) is 6.54 Å². The van der Waals surface area contributed by atoms with Gasteiger partial charge in [0.2, 0.25) is 5.91 Å². The van der Waals surface area contributed by atoms with Gasteiger partial charge < -0.3 is 26.8 Å². The highest BCUT2D eigenvalue weighted by molar-refractivity contribution is 5.96. The Bertz CT molecular complexity index is 1410. The van der Waals surface area contributed by atoms with Crippen LogP contribution in [0.15, 0.2) is 60.7 Å². The van der Waals surface area contributed by atoms with Crippen molar-refractivity contribution in [3.8, 4) is 11.5 Å². The smallest absolute Gasteiger partial charge is 0.319 e. The van der Waals surface area contributed by atoms with E-state index >= 15 is 0 Å². The third-order valence-electron chi connectivity index (χ3n) is 7.39. The maximum Gasteiger partial charge on any atom is 0.319 e. The van der Waals surface area contributed by atoms with Crippen molar-refractivity contribution in [2.45, 2.75) is 45.2 Å². The Balaban J connectivity index is 0.00000506. The Kier molecular flexibility index (Phi) is 11.8. The van der Waals surface area contributed by atoms with Gasteiger partial charge in [0.15, 0.2) is 0 Å². The van der Waals surface area contributed by atoms with E-state index < -0.39 is 35.0 Å². The summed E-state index contributed by atoms with van der Waals surface area (Å²) in [5.74, 6) is -2.09. The van der Waals surface area contributed by atoms with E-state index in [1.54, 1.807) is 24.3 Å². The molecule has 0 spiro atoms. The highest BCUT2D eigenvalue weighted by atomic mass is 35.5. The van der Waals surface area contributed by atoms with E-state index in [2.05, 4.69) is 15.5 Å². The number of nitrogens with one attached hydrogen (secondary N) is 2. The predicted octanol–water partition coefficient (Wildman–Crippen LogP) is 5.58. The molecule has 43 heavy (non-hydrogen) atoms. The number of rotatable bonds is 11. The number of hydrogen-bond acceptors (Lipinski definition) is 5. The van der Waals surface area contributed by atoms with E-state index in [0.717, 1.165) is 56.9 Å². The lowest BCUT2D eigenvalue weighted by Gasteiger charge is -2.36. The summed E-state index contributed by atoms with van der Waals surface area (Å²) in [5, 5.41) is 5.33. The lowest BCUT2D eigenvalue weighted by Crippen LogP contribution is -2.46. The minimum absolute atomic E-state index is 0. The number of halogens is 3. The van der Waals surface area contributed by atoms with Gasteiger partial charge in [0.25, 0.3) is 5.91 Å². The second-order valence-corrected chi connectivity index (χ2v) is 10.4. The first-order valence-electron chi connectivity index (χ1n) is 13.9. The number of carbonyl (C=O) groups is 3. The third kappa shape index (κ3) is 9.13. The average molecular weight is 616 g/mol. The van der Waals surface area contributed by atoms with Crippen LogP contribution in [0.4, 0.5) is 19.3 Å². The van der Waals surface area contributed by atoms with Crippen LogP contribution in [0.5, 0.6) is 11.5 Å². The van der Waals surface area contributed by atoms with Crippen LogP contribution in [0.25, 0.3) is 0 Å². The maximum absolute atomic E-state index is 14.2. The monoisotopic (exact) mass is 615 g/mol. The Morgan fingerprint density at radius 2 is 1.53 bits per heavy atom. The maximum atomic E-state index is 14.2. The standard InChI is InChI=1S/C31H35F2N5O4.ClH/c1-2-3-27(36-31(41)37-28-16-24(30(35)40)25(32)17-26(28)33)20-12-14-38(15-13-20)18-19-4-8-22(9-5-19)42-23-10-6-21(7-11-23)29(34)39;/h4-11,16-17,20,27H,2-3,12-15,18H2,1H3,(H2,34,39)(H2,35,40)(H2,36,37,41);1H. The predicted molar refractivity (Wildman–Crippen MR) is 162 cm³/mol. The molecule has 1 unspecified atom stereocenters. The molecular formula is C31H36ClF2N5O4. The number of anilines is 1. The van der Waals surface area contributed by atoms with Gasteiger partial charge in [-0.15, -0.1) is 12.4 Å². The van der Waals surface area contributed by atoms with Gasteiger partial charge in [-0.3, -0.25) is 14.5 Å². The number of benzene rings is 3. The van der Waals surface area contributed by atoms with E-state index in [9.17, 15) is 23.2 Å². The Hall–Kier alpha value is -4.22. The first kappa shape index (κ1) is 33.3. The highest BCUT2D eigenvalue weighted by Crippen LogP contribution is 2.27. The molecule has 0 aliphatic carbocycles. The number of nitrogens with zero attached hydrogens (tertiary/aromatic N) is 1. The molecule has 6 N–H and O–H groups in total. The van der Waals surface area contributed by atoms with Gasteiger partial charge in [0.05, 0.1) is 11.3 Å². The van der Waals surface area contributed by atoms with Crippen LogP contribution < -0.4 is 26.8 Å². The molecule has 4 amide bonds. The number of ether oxygens (including phenoxy) is 1. The summed E-state index contributed by atoms with van der Waals surface area (Å²) in [6.07, 6.45) is 3.36. The molecule has 3 aromatic rings. The van der Waals surface area contributed by atoms with Crippen LogP contribution in [0.1, 0.15) is 58.9 Å². The topological polar surface area (TPSA) is 140 Å². The minimum atomic E-state index is -1.08. The first-order chi connectivity index (χ1) is 20.1. The molecule has 1 atom stereocenters. The van der Waals surface area contributed by atoms with Crippen LogP contribution in [0.2, 0.25) is 0 Å². The zero-order valence-electron chi connectivity index (χ0n) is 23.8. The number of piperidine rings is 1. The fourth-order valence-electron chi connectivity index (χ4n) is 5.15. The number of likely N-dealkylation sites (tertiary alicyclic amines) is 1. The third-order valence-corrected chi connectivity index (χ3v) is 7.39. The van der Waals surface area contributed by atoms with Gasteiger partial charge in [-0.25, -0.2) is 13.6 Å². The largest absolute Gasteiger partial charge is 0.457 e. The molecule has 1 aliphatic rings. The average Bonchev–Trinajstić information content (AvgIpc) is 2.96. The molecule has 1 aliphatic heterocycles. The lowest BCUT2D eigenvalue weighted by molar-refractivity contribution is 0.0989. The van der Waals surface area contributed by atoms with Gasteiger partial charge in [-0.1, -0.05) is 25.5 Å². The molecule has 1 saturated heterocycles. The molecule has 1 heterocycles. The zero-order chi connectivity index (χ0) is 30.2. The number of urea groups is 1. The fraction of sp³-hybridized carbons (Fsp3) is 0.323. The van der Waals surface area contributed by atoms with Gasteiger partial charge >= 0.3 is 6.03 Å². The molecule has 4 rings (SSSR count). The van der Waals surface area contributed by atoms with Crippen molar-refractivity contribution in [3.63, 3.8) is 0 Å². The van der Waals surface area contributed by atoms with Gasteiger partial charge in [-0.05, 0) is 86.3 Å². The van der Waals surface area contributed by atoms with Crippen LogP contribution in [0.3, 0.4) is 0 Å². The second kappa shape index (κ2) is 15.3. The van der Waals surface area contributed by atoms with E-state index in [0.29, 0.717) is 23.1 Å². The zero-order valence-corrected chi connectivity index (χ0v) is 24.6. The summed E-state index contributed by atoms with van der Waals surface area (Å²) in [4.78, 5) is 37.7. The van der Waals surface area contributed by atoms with Crippen molar-refractivity contribution in [1.82, 2.24) is 10.2 Å². The van der Waals surface area contributed by atoms with E-state index in [1.807, 2.05) is 31.2 Å². The van der Waals surface area contributed by atoms with Crippen molar-refractivity contribution in [2.75, 3.05) is 18.4 Å². The summed E-state index contributed by atoms with van der Waals surface area (Å²) in [6, 6.07) is 15.2. The molecule has 0 aromatic heterocycles. The number of primary amides is 2. The van der Waals surface area contributed by atoms with E-state index in [1.165, 1.54) is 0 Å². The molecule has 230 valence electrons. The number of nitrogens with two attached hydrogens (primary N) is 2. The van der Waals surface area contributed by atoms with Crippen molar-refractivity contribution >= 4 is 35.9 Å². The summed E-state index contributed by atoms with van der Waals surface area (Å²) < 4.78 is 33.8. The molecule has 9 nitrogen and oxygen atoms in total. The SMILES string of the molecule is CCCC(NC(=O)Nc1cc(C(N)=O)c(F)cc1F)C1CCN(Cc2ccc(Oc3ccc(C(N)=O)cc3)cc2)CC1.Cl. The number of carbonyl (C=O) groups excluding carboxylic acids is 3. The Morgan fingerprint density at radius 3 is 2.09 bits per heavy atom. The molecular weight excluding hydrogens is 580 g/mol. The van der Waals surface area contributed by atoms with Crippen molar-refractivity contribution in [3.05, 3.63) is 89.0 Å². The van der Waals surface area contributed by atoms with Gasteiger partial charge in [0.1, 0.15) is 23.1 Å². The van der Waals surface area contributed by atoms with Crippen molar-refractivity contribution < 1.29 is 27.9 Å². The van der Waals surface area contributed by atoms with Crippen molar-refractivity contribution in [2.24, 2.45) is 17.4 Å².